The molecule has 0 rings (SSSR count). The first-order valence-electron chi connectivity index (χ1n) is 7.89. The zero-order chi connectivity index (χ0) is 14.8. The van der Waals surface area contributed by atoms with Crippen LogP contribution in [0.4, 0.5) is 0 Å². The van der Waals surface area contributed by atoms with Gasteiger partial charge < -0.3 is 0 Å². The molecule has 0 aromatic rings. The maximum Gasteiger partial charge on any atom is 0.214 e. The van der Waals surface area contributed by atoms with E-state index < -0.39 is 14.8 Å². The van der Waals surface area contributed by atoms with Crippen LogP contribution >= 0.6 is 0 Å². The molecule has 0 amide bonds. The van der Waals surface area contributed by atoms with Gasteiger partial charge in [-0.1, -0.05) is 71.6 Å². The molecule has 0 aromatic heterocycles. The first kappa shape index (κ1) is 18.9. The van der Waals surface area contributed by atoms with E-state index in [1.165, 1.54) is 32.1 Å². The zero-order valence-electron chi connectivity index (χ0n) is 13.1. The van der Waals surface area contributed by atoms with Crippen molar-refractivity contribution in [1.29, 1.82) is 0 Å². The van der Waals surface area contributed by atoms with E-state index in [2.05, 4.69) is 13.8 Å². The van der Waals surface area contributed by atoms with Gasteiger partial charge in [0, 0.05) is 0 Å². The van der Waals surface area contributed by atoms with Crippen molar-refractivity contribution in [3.63, 3.8) is 0 Å². The maximum absolute atomic E-state index is 11.8. The van der Waals surface area contributed by atoms with Crippen molar-refractivity contribution in [1.82, 2.24) is 0 Å². The van der Waals surface area contributed by atoms with Crippen LogP contribution in [-0.2, 0) is 10.0 Å². The van der Waals surface area contributed by atoms with Crippen LogP contribution in [0.2, 0.25) is 0 Å². The van der Waals surface area contributed by atoms with Crippen LogP contribution in [-0.4, -0.2) is 13.2 Å². The molecule has 116 valence electrons. The van der Waals surface area contributed by atoms with Gasteiger partial charge in [0.15, 0.2) is 0 Å². The quantitative estimate of drug-likeness (QED) is 0.543. The van der Waals surface area contributed by atoms with Gasteiger partial charge in [-0.3, -0.25) is 0 Å². The summed E-state index contributed by atoms with van der Waals surface area (Å²) in [6.45, 7) is 6.17. The Hall–Kier alpha value is -0.0900. The fourth-order valence-corrected chi connectivity index (χ4v) is 3.30. The summed E-state index contributed by atoms with van der Waals surface area (Å²) in [6.07, 6.45) is 11.6. The van der Waals surface area contributed by atoms with Crippen molar-refractivity contribution in [3.8, 4) is 0 Å². The van der Waals surface area contributed by atoms with E-state index in [0.29, 0.717) is 12.8 Å². The molecule has 3 nitrogen and oxygen atoms in total. The predicted octanol–water partition coefficient (Wildman–Crippen LogP) is 4.36. The molecule has 0 aliphatic rings. The number of unbranched alkanes of at least 4 members (excludes halogenated alkanes) is 7. The first-order chi connectivity index (χ1) is 8.87. The molecule has 0 fully saturated rings. The lowest BCUT2D eigenvalue weighted by molar-refractivity contribution is 0.437. The van der Waals surface area contributed by atoms with E-state index in [4.69, 9.17) is 5.14 Å². The molecule has 1 unspecified atom stereocenters. The van der Waals surface area contributed by atoms with Crippen LogP contribution in [0.25, 0.3) is 0 Å². The van der Waals surface area contributed by atoms with Crippen LogP contribution in [0.1, 0.15) is 91.4 Å². The fourth-order valence-electron chi connectivity index (χ4n) is 2.44. The highest BCUT2D eigenvalue weighted by molar-refractivity contribution is 7.90. The van der Waals surface area contributed by atoms with Gasteiger partial charge in [-0.05, 0) is 19.8 Å². The summed E-state index contributed by atoms with van der Waals surface area (Å²) in [5, 5.41) is 5.44. The highest BCUT2D eigenvalue weighted by Crippen LogP contribution is 2.29. The molecule has 0 aromatic carbocycles. The third kappa shape index (κ3) is 7.93. The summed E-state index contributed by atoms with van der Waals surface area (Å²) in [5.74, 6) is 0. The number of sulfonamides is 1. The normalized spacial score (nSPS) is 15.4. The average molecular weight is 292 g/mol. The van der Waals surface area contributed by atoms with Crippen molar-refractivity contribution in [2.75, 3.05) is 0 Å². The molecule has 0 aliphatic carbocycles. The number of rotatable bonds is 12. The Bertz CT molecular complexity index is 314. The van der Waals surface area contributed by atoms with E-state index in [9.17, 15) is 8.42 Å². The molecule has 0 aliphatic heterocycles. The number of primary sulfonamides is 1. The Labute approximate surface area is 120 Å². The largest absolute Gasteiger partial charge is 0.228 e. The lowest BCUT2D eigenvalue weighted by atomic mass is 9.95. The molecule has 0 bridgehead atoms. The maximum atomic E-state index is 11.8. The SMILES string of the molecule is CCCCCCCC(C)(CCCCCC)S(N)(=O)=O. The third-order valence-electron chi connectivity index (χ3n) is 4.06. The molecule has 0 radical (unpaired) electrons. The number of hydrogen-bond acceptors (Lipinski definition) is 2. The molecule has 0 heterocycles. The van der Waals surface area contributed by atoms with E-state index in [1.807, 2.05) is 6.92 Å². The smallest absolute Gasteiger partial charge is 0.214 e. The van der Waals surface area contributed by atoms with E-state index in [1.54, 1.807) is 0 Å². The van der Waals surface area contributed by atoms with Gasteiger partial charge in [-0.15, -0.1) is 0 Å². The van der Waals surface area contributed by atoms with Gasteiger partial charge in [0.25, 0.3) is 0 Å². The summed E-state index contributed by atoms with van der Waals surface area (Å²) >= 11 is 0. The second-order valence-corrected chi connectivity index (χ2v) is 8.05. The van der Waals surface area contributed by atoms with Crippen LogP contribution in [0.5, 0.6) is 0 Å². The second-order valence-electron chi connectivity index (χ2n) is 5.97. The topological polar surface area (TPSA) is 60.2 Å². The highest BCUT2D eigenvalue weighted by Gasteiger charge is 2.35. The monoisotopic (exact) mass is 291 g/mol. The standard InChI is InChI=1S/C15H33NO2S/c1-4-6-8-10-12-14-15(3,19(16,17)18)13-11-9-7-5-2/h4-14H2,1-3H3,(H2,16,17,18). The van der Waals surface area contributed by atoms with Crippen molar-refractivity contribution < 1.29 is 8.42 Å². The average Bonchev–Trinajstić information content (AvgIpc) is 2.33. The molecular weight excluding hydrogens is 258 g/mol. The molecule has 19 heavy (non-hydrogen) atoms. The number of nitrogens with two attached hydrogens (primary N) is 1. The minimum atomic E-state index is -3.44. The minimum absolute atomic E-state index is 0.708. The Balaban J connectivity index is 4.21. The molecule has 0 spiro atoms. The van der Waals surface area contributed by atoms with Crippen LogP contribution in [0.3, 0.4) is 0 Å². The van der Waals surface area contributed by atoms with E-state index >= 15 is 0 Å². The van der Waals surface area contributed by atoms with Gasteiger partial charge in [0.2, 0.25) is 10.0 Å². The van der Waals surface area contributed by atoms with E-state index in [-0.39, 0.29) is 0 Å². The Kier molecular flexibility index (Phi) is 9.71. The lowest BCUT2D eigenvalue weighted by Crippen LogP contribution is -2.40. The van der Waals surface area contributed by atoms with Crippen LogP contribution < -0.4 is 5.14 Å². The van der Waals surface area contributed by atoms with Crippen molar-refractivity contribution in [2.24, 2.45) is 5.14 Å². The van der Waals surface area contributed by atoms with E-state index in [0.717, 1.165) is 25.7 Å². The van der Waals surface area contributed by atoms with Crippen molar-refractivity contribution in [3.05, 3.63) is 0 Å². The molecule has 0 saturated heterocycles. The first-order valence-corrected chi connectivity index (χ1v) is 9.44. The summed E-state index contributed by atoms with van der Waals surface area (Å²) < 4.78 is 22.9. The predicted molar refractivity (Wildman–Crippen MR) is 83.6 cm³/mol. The lowest BCUT2D eigenvalue weighted by Gasteiger charge is -2.27. The second kappa shape index (κ2) is 9.76. The zero-order valence-corrected chi connectivity index (χ0v) is 13.9. The highest BCUT2D eigenvalue weighted by atomic mass is 32.2. The Morgan fingerprint density at radius 1 is 0.789 bits per heavy atom. The summed E-state index contributed by atoms with van der Waals surface area (Å²) in [7, 11) is -3.44. The van der Waals surface area contributed by atoms with Gasteiger partial charge in [0.1, 0.15) is 0 Å². The fraction of sp³-hybridized carbons (Fsp3) is 1.00. The minimum Gasteiger partial charge on any atom is -0.228 e. The summed E-state index contributed by atoms with van der Waals surface area (Å²) in [5.41, 5.74) is 0. The van der Waals surface area contributed by atoms with Crippen LogP contribution in [0, 0.1) is 0 Å². The van der Waals surface area contributed by atoms with Gasteiger partial charge in [-0.2, -0.15) is 0 Å². The molecule has 1 atom stereocenters. The summed E-state index contributed by atoms with van der Waals surface area (Å²) in [6, 6.07) is 0. The van der Waals surface area contributed by atoms with Gasteiger partial charge in [-0.25, -0.2) is 13.6 Å². The molecule has 0 saturated carbocycles. The van der Waals surface area contributed by atoms with Gasteiger partial charge >= 0.3 is 0 Å². The molecule has 2 N–H and O–H groups in total. The molecule has 4 heteroatoms. The van der Waals surface area contributed by atoms with Crippen molar-refractivity contribution >= 4 is 10.0 Å². The van der Waals surface area contributed by atoms with Gasteiger partial charge in [0.05, 0.1) is 4.75 Å². The molecular formula is C15H33NO2S. The Morgan fingerprint density at radius 2 is 1.16 bits per heavy atom. The van der Waals surface area contributed by atoms with Crippen molar-refractivity contribution in [2.45, 2.75) is 96.1 Å². The third-order valence-corrected chi connectivity index (χ3v) is 5.84. The number of hydrogen-bond donors (Lipinski definition) is 1. The summed E-state index contributed by atoms with van der Waals surface area (Å²) in [4.78, 5) is 0. The Morgan fingerprint density at radius 3 is 1.53 bits per heavy atom. The van der Waals surface area contributed by atoms with Crippen LogP contribution in [0.15, 0.2) is 0 Å².